The Kier molecular flexibility index (Phi) is 7.31. The number of amides is 1. The quantitative estimate of drug-likeness (QED) is 0.300. The fourth-order valence-corrected chi connectivity index (χ4v) is 3.77. The minimum absolute atomic E-state index is 0.0594. The fraction of sp³-hybridized carbons (Fsp3) is 0.200. The van der Waals surface area contributed by atoms with Gasteiger partial charge in [0.15, 0.2) is 12.3 Å². The van der Waals surface area contributed by atoms with Crippen molar-refractivity contribution in [3.05, 3.63) is 92.8 Å². The number of hydrogen-bond donors (Lipinski definition) is 3. The van der Waals surface area contributed by atoms with Crippen molar-refractivity contribution in [2.24, 2.45) is 0 Å². The molecule has 0 aliphatic heterocycles. The number of esters is 1. The Hall–Kier alpha value is -4.64. The number of anilines is 2. The molecule has 0 spiro atoms. The SMILES string of the molecule is COCCN(C(=O)COC(=O)c1cc2ccccc2[nH]1)c1c(N)n(Cc2ccccc2)c(=O)[nH]c1=O. The Bertz CT molecular complexity index is 1470. The van der Waals surface area contributed by atoms with Crippen LogP contribution < -0.4 is 21.9 Å². The van der Waals surface area contributed by atoms with Crippen LogP contribution in [-0.4, -0.2) is 53.3 Å². The predicted octanol–water partition coefficient (Wildman–Crippen LogP) is 1.48. The molecular weight excluding hydrogens is 466 g/mol. The summed E-state index contributed by atoms with van der Waals surface area (Å²) in [7, 11) is 1.43. The van der Waals surface area contributed by atoms with Crippen molar-refractivity contribution in [3.8, 4) is 0 Å². The number of fused-ring (bicyclic) bond motifs is 1. The van der Waals surface area contributed by atoms with Gasteiger partial charge in [-0.15, -0.1) is 0 Å². The average molecular weight is 492 g/mol. The van der Waals surface area contributed by atoms with Gasteiger partial charge in [0.2, 0.25) is 0 Å². The van der Waals surface area contributed by atoms with E-state index >= 15 is 0 Å². The maximum absolute atomic E-state index is 13.1. The summed E-state index contributed by atoms with van der Waals surface area (Å²) in [4.78, 5) is 57.1. The number of H-pyrrole nitrogens is 2. The third-order valence-electron chi connectivity index (χ3n) is 5.56. The molecule has 36 heavy (non-hydrogen) atoms. The Balaban J connectivity index is 1.59. The number of rotatable bonds is 9. The van der Waals surface area contributed by atoms with Crippen molar-refractivity contribution >= 4 is 34.3 Å². The van der Waals surface area contributed by atoms with Gasteiger partial charge >= 0.3 is 11.7 Å². The molecule has 0 bridgehead atoms. The third kappa shape index (κ3) is 5.20. The molecule has 2 aromatic carbocycles. The van der Waals surface area contributed by atoms with Gasteiger partial charge in [-0.1, -0.05) is 48.5 Å². The van der Waals surface area contributed by atoms with Gasteiger partial charge in [-0.25, -0.2) is 9.59 Å². The van der Waals surface area contributed by atoms with Gasteiger partial charge in [-0.3, -0.25) is 24.0 Å². The van der Waals surface area contributed by atoms with Gasteiger partial charge in [-0.2, -0.15) is 0 Å². The number of benzene rings is 2. The molecule has 4 rings (SSSR count). The van der Waals surface area contributed by atoms with Crippen LogP contribution in [0.4, 0.5) is 11.5 Å². The first-order valence-corrected chi connectivity index (χ1v) is 11.1. The Morgan fingerprint density at radius 3 is 2.47 bits per heavy atom. The number of methoxy groups -OCH3 is 1. The van der Waals surface area contributed by atoms with Gasteiger partial charge in [-0.05, 0) is 17.7 Å². The van der Waals surface area contributed by atoms with E-state index in [1.807, 2.05) is 30.3 Å². The summed E-state index contributed by atoms with van der Waals surface area (Å²) >= 11 is 0. The second kappa shape index (κ2) is 10.7. The minimum Gasteiger partial charge on any atom is -0.451 e. The second-order valence-corrected chi connectivity index (χ2v) is 7.95. The zero-order valence-electron chi connectivity index (χ0n) is 19.5. The maximum Gasteiger partial charge on any atom is 0.355 e. The van der Waals surface area contributed by atoms with Crippen LogP contribution in [0.2, 0.25) is 0 Å². The molecule has 2 aromatic heterocycles. The summed E-state index contributed by atoms with van der Waals surface area (Å²) in [6.07, 6.45) is 0. The first kappa shape index (κ1) is 24.5. The number of nitrogens with two attached hydrogens (primary N) is 1. The van der Waals surface area contributed by atoms with Gasteiger partial charge in [0, 0.05) is 24.6 Å². The third-order valence-corrected chi connectivity index (χ3v) is 5.56. The summed E-state index contributed by atoms with van der Waals surface area (Å²) in [6, 6.07) is 18.0. The number of hydrogen-bond acceptors (Lipinski definition) is 7. The summed E-state index contributed by atoms with van der Waals surface area (Å²) in [5, 5.41) is 0.817. The van der Waals surface area contributed by atoms with Crippen molar-refractivity contribution < 1.29 is 19.1 Å². The van der Waals surface area contributed by atoms with Crippen molar-refractivity contribution in [2.45, 2.75) is 6.54 Å². The lowest BCUT2D eigenvalue weighted by Crippen LogP contribution is -2.44. The number of ether oxygens (including phenoxy) is 2. The number of carbonyl (C=O) groups excluding carboxylic acids is 2. The van der Waals surface area contributed by atoms with E-state index in [0.29, 0.717) is 0 Å². The lowest BCUT2D eigenvalue weighted by atomic mass is 10.2. The van der Waals surface area contributed by atoms with E-state index in [1.165, 1.54) is 7.11 Å². The highest BCUT2D eigenvalue weighted by Gasteiger charge is 2.25. The molecule has 0 radical (unpaired) electrons. The number of aromatic nitrogens is 3. The van der Waals surface area contributed by atoms with Crippen LogP contribution in [0.3, 0.4) is 0 Å². The van der Waals surface area contributed by atoms with Crippen LogP contribution in [0, 0.1) is 0 Å². The van der Waals surface area contributed by atoms with Crippen molar-refractivity contribution in [1.82, 2.24) is 14.5 Å². The smallest absolute Gasteiger partial charge is 0.355 e. The number of nitrogen functional groups attached to an aromatic ring is 1. The average Bonchev–Trinajstić information content (AvgIpc) is 3.32. The molecule has 11 nitrogen and oxygen atoms in total. The molecule has 4 aromatic rings. The molecule has 0 saturated carbocycles. The molecule has 0 atom stereocenters. The van der Waals surface area contributed by atoms with Crippen molar-refractivity contribution in [3.63, 3.8) is 0 Å². The van der Waals surface area contributed by atoms with E-state index in [2.05, 4.69) is 9.97 Å². The maximum atomic E-state index is 13.1. The zero-order valence-corrected chi connectivity index (χ0v) is 19.5. The number of carbonyl (C=O) groups is 2. The Morgan fingerprint density at radius 2 is 1.75 bits per heavy atom. The normalized spacial score (nSPS) is 10.9. The van der Waals surface area contributed by atoms with E-state index in [1.54, 1.807) is 30.3 Å². The molecule has 0 saturated heterocycles. The minimum atomic E-state index is -0.840. The zero-order chi connectivity index (χ0) is 25.7. The molecule has 0 aliphatic rings. The van der Waals surface area contributed by atoms with Crippen LogP contribution in [-0.2, 0) is 20.8 Å². The van der Waals surface area contributed by atoms with Crippen LogP contribution in [0.5, 0.6) is 0 Å². The summed E-state index contributed by atoms with van der Waals surface area (Å²) in [5.74, 6) is -1.64. The van der Waals surface area contributed by atoms with E-state index in [9.17, 15) is 19.2 Å². The Labute approximate surface area is 205 Å². The molecule has 186 valence electrons. The first-order valence-electron chi connectivity index (χ1n) is 11.1. The van der Waals surface area contributed by atoms with Gasteiger partial charge in [0.05, 0.1) is 13.2 Å². The highest BCUT2D eigenvalue weighted by atomic mass is 16.5. The summed E-state index contributed by atoms with van der Waals surface area (Å²) in [5.41, 5.74) is 6.15. The predicted molar refractivity (Wildman–Crippen MR) is 134 cm³/mol. The molecule has 11 heteroatoms. The first-order chi connectivity index (χ1) is 17.4. The number of nitrogens with zero attached hydrogens (tertiary/aromatic N) is 2. The topological polar surface area (TPSA) is 153 Å². The second-order valence-electron chi connectivity index (χ2n) is 7.95. The lowest BCUT2D eigenvalue weighted by Gasteiger charge is -2.24. The number of aromatic amines is 2. The Morgan fingerprint density at radius 1 is 1.03 bits per heavy atom. The number of nitrogens with one attached hydrogen (secondary N) is 2. The van der Waals surface area contributed by atoms with Gasteiger partial charge < -0.3 is 20.2 Å². The molecule has 1 amide bonds. The van der Waals surface area contributed by atoms with Crippen LogP contribution >= 0.6 is 0 Å². The molecule has 0 fully saturated rings. The molecule has 4 N–H and O–H groups in total. The van der Waals surface area contributed by atoms with E-state index < -0.39 is 29.7 Å². The van der Waals surface area contributed by atoms with Gasteiger partial charge in [0.25, 0.3) is 11.5 Å². The summed E-state index contributed by atoms with van der Waals surface area (Å²) < 4.78 is 11.4. The van der Waals surface area contributed by atoms with Crippen LogP contribution in [0.25, 0.3) is 10.9 Å². The lowest BCUT2D eigenvalue weighted by molar-refractivity contribution is -0.121. The van der Waals surface area contributed by atoms with Crippen LogP contribution in [0.1, 0.15) is 16.1 Å². The van der Waals surface area contributed by atoms with E-state index in [-0.39, 0.29) is 36.9 Å². The van der Waals surface area contributed by atoms with Gasteiger partial charge in [0.1, 0.15) is 11.5 Å². The van der Waals surface area contributed by atoms with Crippen LogP contribution in [0.15, 0.2) is 70.3 Å². The highest BCUT2D eigenvalue weighted by molar-refractivity contribution is 5.99. The van der Waals surface area contributed by atoms with E-state index in [4.69, 9.17) is 15.2 Å². The number of para-hydroxylation sites is 1. The monoisotopic (exact) mass is 491 g/mol. The largest absolute Gasteiger partial charge is 0.451 e. The molecular formula is C25H25N5O6. The molecule has 0 aliphatic carbocycles. The van der Waals surface area contributed by atoms with Crippen molar-refractivity contribution in [2.75, 3.05) is 37.5 Å². The summed E-state index contributed by atoms with van der Waals surface area (Å²) in [6.45, 7) is -0.569. The standard InChI is InChI=1S/C25H25N5O6/c1-35-12-11-29(20(31)15-36-24(33)19-13-17-9-5-6-10-18(17)27-19)21-22(26)30(25(34)28-23(21)32)14-16-7-3-2-4-8-16/h2-10,13,27H,11-12,14-15,26H2,1H3,(H,28,32,34). The van der Waals surface area contributed by atoms with E-state index in [0.717, 1.165) is 25.9 Å². The van der Waals surface area contributed by atoms with Crippen molar-refractivity contribution in [1.29, 1.82) is 0 Å². The molecule has 2 heterocycles. The highest BCUT2D eigenvalue weighted by Crippen LogP contribution is 2.19. The molecule has 0 unspecified atom stereocenters. The fourth-order valence-electron chi connectivity index (χ4n) is 3.77.